The molecule has 1 aromatic carbocycles. The van der Waals surface area contributed by atoms with E-state index in [-0.39, 0.29) is 5.91 Å². The lowest BCUT2D eigenvalue weighted by molar-refractivity contribution is 0.0789. The van der Waals surface area contributed by atoms with Crippen molar-refractivity contribution in [2.75, 3.05) is 41.3 Å². The third-order valence-corrected chi connectivity index (χ3v) is 3.06. The number of rotatable bonds is 7. The Kier molecular flexibility index (Phi) is 6.53. The van der Waals surface area contributed by atoms with E-state index in [1.54, 1.807) is 4.90 Å². The minimum Gasteiger partial charge on any atom is -0.342 e. The standard InChI is InChI=1S/C15H25N3O/c1-16-12-13-8-5-6-9-14(13)15(19)18(4)11-7-10-17(2)3/h5-6,8-9,16H,7,10-12H2,1-4H3. The SMILES string of the molecule is CNCc1ccccc1C(=O)N(C)CCCN(C)C. The van der Waals surface area contributed by atoms with Crippen molar-refractivity contribution >= 4 is 5.91 Å². The van der Waals surface area contributed by atoms with Crippen molar-refractivity contribution in [1.29, 1.82) is 0 Å². The van der Waals surface area contributed by atoms with Gasteiger partial charge in [-0.1, -0.05) is 18.2 Å². The van der Waals surface area contributed by atoms with Crippen LogP contribution in [0, 0.1) is 0 Å². The number of hydrogen-bond acceptors (Lipinski definition) is 3. The maximum atomic E-state index is 12.4. The Morgan fingerprint density at radius 2 is 1.84 bits per heavy atom. The average molecular weight is 263 g/mol. The maximum Gasteiger partial charge on any atom is 0.253 e. The van der Waals surface area contributed by atoms with Crippen LogP contribution >= 0.6 is 0 Å². The topological polar surface area (TPSA) is 35.6 Å². The highest BCUT2D eigenvalue weighted by atomic mass is 16.2. The zero-order chi connectivity index (χ0) is 14.3. The molecule has 0 aromatic heterocycles. The Morgan fingerprint density at radius 1 is 1.16 bits per heavy atom. The van der Waals surface area contributed by atoms with E-state index in [2.05, 4.69) is 10.2 Å². The molecule has 0 unspecified atom stereocenters. The number of nitrogens with zero attached hydrogens (tertiary/aromatic N) is 2. The van der Waals surface area contributed by atoms with Gasteiger partial charge >= 0.3 is 0 Å². The molecule has 1 amide bonds. The van der Waals surface area contributed by atoms with Gasteiger partial charge in [-0.05, 0) is 45.7 Å². The van der Waals surface area contributed by atoms with Gasteiger partial charge < -0.3 is 15.1 Å². The Hall–Kier alpha value is -1.39. The first-order valence-corrected chi connectivity index (χ1v) is 6.69. The van der Waals surface area contributed by atoms with Crippen LogP contribution in [0.3, 0.4) is 0 Å². The van der Waals surface area contributed by atoms with Crippen molar-refractivity contribution in [3.05, 3.63) is 35.4 Å². The average Bonchev–Trinajstić information content (AvgIpc) is 2.38. The smallest absolute Gasteiger partial charge is 0.253 e. The van der Waals surface area contributed by atoms with Gasteiger partial charge in [-0.3, -0.25) is 4.79 Å². The van der Waals surface area contributed by atoms with Crippen LogP contribution in [0.25, 0.3) is 0 Å². The van der Waals surface area contributed by atoms with Crippen LogP contribution in [-0.4, -0.2) is 57.0 Å². The predicted molar refractivity (Wildman–Crippen MR) is 79.3 cm³/mol. The van der Waals surface area contributed by atoms with E-state index in [0.29, 0.717) is 6.54 Å². The van der Waals surface area contributed by atoms with Crippen molar-refractivity contribution in [1.82, 2.24) is 15.1 Å². The second-order valence-electron chi connectivity index (χ2n) is 5.07. The second-order valence-corrected chi connectivity index (χ2v) is 5.07. The van der Waals surface area contributed by atoms with E-state index in [1.165, 1.54) is 0 Å². The molecule has 0 saturated carbocycles. The highest BCUT2D eigenvalue weighted by Gasteiger charge is 2.14. The minimum atomic E-state index is 0.101. The molecule has 4 heteroatoms. The molecular weight excluding hydrogens is 238 g/mol. The van der Waals surface area contributed by atoms with Gasteiger partial charge in [0.2, 0.25) is 0 Å². The van der Waals surface area contributed by atoms with E-state index in [1.807, 2.05) is 52.5 Å². The molecule has 0 radical (unpaired) electrons. The van der Waals surface area contributed by atoms with Crippen LogP contribution in [0.4, 0.5) is 0 Å². The molecule has 0 fully saturated rings. The second kappa shape index (κ2) is 7.92. The molecule has 0 heterocycles. The molecule has 106 valence electrons. The summed E-state index contributed by atoms with van der Waals surface area (Å²) in [5, 5.41) is 3.10. The molecule has 4 nitrogen and oxygen atoms in total. The molecule has 0 aliphatic heterocycles. The molecule has 1 N–H and O–H groups in total. The summed E-state index contributed by atoms with van der Waals surface area (Å²) in [6, 6.07) is 7.78. The van der Waals surface area contributed by atoms with E-state index in [4.69, 9.17) is 0 Å². The summed E-state index contributed by atoms with van der Waals surface area (Å²) in [6.45, 7) is 2.49. The summed E-state index contributed by atoms with van der Waals surface area (Å²) in [5.74, 6) is 0.101. The number of hydrogen-bond donors (Lipinski definition) is 1. The van der Waals surface area contributed by atoms with E-state index in [0.717, 1.165) is 30.6 Å². The highest BCUT2D eigenvalue weighted by molar-refractivity contribution is 5.95. The lowest BCUT2D eigenvalue weighted by Gasteiger charge is -2.20. The van der Waals surface area contributed by atoms with E-state index < -0.39 is 0 Å². The van der Waals surface area contributed by atoms with Gasteiger partial charge in [0.15, 0.2) is 0 Å². The summed E-state index contributed by atoms with van der Waals surface area (Å²) in [6.07, 6.45) is 0.990. The molecular formula is C15H25N3O. The Bertz CT molecular complexity index is 404. The molecule has 19 heavy (non-hydrogen) atoms. The highest BCUT2D eigenvalue weighted by Crippen LogP contribution is 2.11. The van der Waals surface area contributed by atoms with Crippen LogP contribution in [0.15, 0.2) is 24.3 Å². The van der Waals surface area contributed by atoms with Crippen LogP contribution in [-0.2, 0) is 6.54 Å². The Labute approximate surface area is 116 Å². The number of benzene rings is 1. The predicted octanol–water partition coefficient (Wildman–Crippen LogP) is 1.43. The first-order valence-electron chi connectivity index (χ1n) is 6.69. The van der Waals surface area contributed by atoms with Gasteiger partial charge in [0.1, 0.15) is 0 Å². The van der Waals surface area contributed by atoms with Crippen molar-refractivity contribution < 1.29 is 4.79 Å². The first-order chi connectivity index (χ1) is 9.06. The molecule has 0 saturated heterocycles. The van der Waals surface area contributed by atoms with Crippen molar-refractivity contribution in [3.63, 3.8) is 0 Å². The summed E-state index contributed by atoms with van der Waals surface area (Å²) in [4.78, 5) is 16.3. The number of carbonyl (C=O) groups is 1. The number of nitrogens with one attached hydrogen (secondary N) is 1. The number of carbonyl (C=O) groups excluding carboxylic acids is 1. The quantitative estimate of drug-likeness (QED) is 0.808. The normalized spacial score (nSPS) is 10.8. The monoisotopic (exact) mass is 263 g/mol. The fourth-order valence-electron chi connectivity index (χ4n) is 2.00. The number of amides is 1. The van der Waals surface area contributed by atoms with Crippen molar-refractivity contribution in [2.45, 2.75) is 13.0 Å². The lowest BCUT2D eigenvalue weighted by Crippen LogP contribution is -2.30. The van der Waals surface area contributed by atoms with Gasteiger partial charge in [-0.25, -0.2) is 0 Å². The van der Waals surface area contributed by atoms with Crippen molar-refractivity contribution in [2.24, 2.45) is 0 Å². The molecule has 0 bridgehead atoms. The third kappa shape index (κ3) is 5.01. The zero-order valence-electron chi connectivity index (χ0n) is 12.4. The van der Waals surface area contributed by atoms with Gasteiger partial charge in [0.05, 0.1) is 0 Å². The van der Waals surface area contributed by atoms with Crippen LogP contribution in [0.5, 0.6) is 0 Å². The summed E-state index contributed by atoms with van der Waals surface area (Å²) < 4.78 is 0. The van der Waals surface area contributed by atoms with Gasteiger partial charge in [-0.15, -0.1) is 0 Å². The summed E-state index contributed by atoms with van der Waals surface area (Å²) in [7, 11) is 7.85. The Morgan fingerprint density at radius 3 is 2.47 bits per heavy atom. The van der Waals surface area contributed by atoms with Gasteiger partial charge in [0.25, 0.3) is 5.91 Å². The largest absolute Gasteiger partial charge is 0.342 e. The molecule has 0 atom stereocenters. The lowest BCUT2D eigenvalue weighted by atomic mass is 10.1. The molecule has 0 aliphatic carbocycles. The van der Waals surface area contributed by atoms with Crippen molar-refractivity contribution in [3.8, 4) is 0 Å². The van der Waals surface area contributed by atoms with Crippen LogP contribution in [0.2, 0.25) is 0 Å². The van der Waals surface area contributed by atoms with Crippen LogP contribution < -0.4 is 5.32 Å². The zero-order valence-corrected chi connectivity index (χ0v) is 12.4. The third-order valence-electron chi connectivity index (χ3n) is 3.06. The molecule has 0 aliphatic rings. The van der Waals surface area contributed by atoms with Gasteiger partial charge in [-0.2, -0.15) is 0 Å². The van der Waals surface area contributed by atoms with Gasteiger partial charge in [0, 0.05) is 25.7 Å². The summed E-state index contributed by atoms with van der Waals surface area (Å²) in [5.41, 5.74) is 1.85. The first kappa shape index (κ1) is 15.7. The Balaban J connectivity index is 2.65. The molecule has 0 spiro atoms. The summed E-state index contributed by atoms with van der Waals surface area (Å²) >= 11 is 0. The fraction of sp³-hybridized carbons (Fsp3) is 0.533. The van der Waals surface area contributed by atoms with E-state index >= 15 is 0 Å². The maximum absolute atomic E-state index is 12.4. The van der Waals surface area contributed by atoms with E-state index in [9.17, 15) is 4.79 Å². The minimum absolute atomic E-state index is 0.101. The molecule has 1 aromatic rings. The molecule has 1 rings (SSSR count). The van der Waals surface area contributed by atoms with Crippen LogP contribution in [0.1, 0.15) is 22.3 Å². The fourth-order valence-corrected chi connectivity index (χ4v) is 2.00.